The van der Waals surface area contributed by atoms with Gasteiger partial charge >= 0.3 is 12.0 Å². The molecule has 1 rings (SSSR count). The quantitative estimate of drug-likeness (QED) is 0.594. The van der Waals surface area contributed by atoms with Gasteiger partial charge in [0.2, 0.25) is 5.91 Å². The van der Waals surface area contributed by atoms with E-state index in [9.17, 15) is 14.4 Å². The Hall–Kier alpha value is -2.57. The van der Waals surface area contributed by atoms with Crippen molar-refractivity contribution in [1.82, 2.24) is 10.2 Å². The Balaban J connectivity index is 2.35. The molecule has 21 heavy (non-hydrogen) atoms. The van der Waals surface area contributed by atoms with Crippen LogP contribution in [-0.2, 0) is 16.0 Å². The number of hydrogen-bond donors (Lipinski definition) is 3. The number of primary amides is 1. The number of nitrogens with zero attached hydrogens (tertiary/aromatic N) is 1. The van der Waals surface area contributed by atoms with Crippen molar-refractivity contribution in [3.63, 3.8) is 0 Å². The summed E-state index contributed by atoms with van der Waals surface area (Å²) < 4.78 is 0. The van der Waals surface area contributed by atoms with Crippen molar-refractivity contribution in [2.75, 3.05) is 19.6 Å². The van der Waals surface area contributed by atoms with Crippen LogP contribution in [0, 0.1) is 0 Å². The van der Waals surface area contributed by atoms with Gasteiger partial charge in [-0.05, 0) is 18.4 Å². The van der Waals surface area contributed by atoms with Crippen molar-refractivity contribution in [1.29, 1.82) is 0 Å². The van der Waals surface area contributed by atoms with E-state index in [2.05, 4.69) is 5.32 Å². The normalized spacial score (nSPS) is 9.90. The Bertz CT molecular complexity index is 474. The van der Waals surface area contributed by atoms with Gasteiger partial charge in [-0.1, -0.05) is 30.3 Å². The first kappa shape index (κ1) is 16.5. The van der Waals surface area contributed by atoms with Gasteiger partial charge in [0.05, 0.1) is 0 Å². The van der Waals surface area contributed by atoms with Crippen molar-refractivity contribution in [3.8, 4) is 0 Å². The molecule has 0 bridgehead atoms. The molecule has 0 saturated heterocycles. The average molecular weight is 293 g/mol. The second kappa shape index (κ2) is 8.57. The average Bonchev–Trinajstić information content (AvgIpc) is 2.43. The molecule has 114 valence electrons. The summed E-state index contributed by atoms with van der Waals surface area (Å²) in [6.45, 7) is -0.590. The third kappa shape index (κ3) is 6.95. The predicted octanol–water partition coefficient (Wildman–Crippen LogP) is 0.201. The summed E-state index contributed by atoms with van der Waals surface area (Å²) in [7, 11) is 0. The Morgan fingerprint density at radius 2 is 1.81 bits per heavy atom. The number of amides is 3. The maximum atomic E-state index is 11.8. The molecule has 0 aliphatic heterocycles. The highest BCUT2D eigenvalue weighted by molar-refractivity contribution is 5.85. The molecule has 4 N–H and O–H groups in total. The largest absolute Gasteiger partial charge is 0.480 e. The van der Waals surface area contributed by atoms with E-state index in [0.717, 1.165) is 16.9 Å². The molecule has 0 radical (unpaired) electrons. The molecule has 3 amide bonds. The zero-order valence-corrected chi connectivity index (χ0v) is 11.6. The van der Waals surface area contributed by atoms with Crippen molar-refractivity contribution in [2.24, 2.45) is 5.73 Å². The van der Waals surface area contributed by atoms with Crippen LogP contribution in [0.3, 0.4) is 0 Å². The van der Waals surface area contributed by atoms with Crippen LogP contribution < -0.4 is 11.1 Å². The van der Waals surface area contributed by atoms with E-state index in [1.807, 2.05) is 30.3 Å². The third-order valence-electron chi connectivity index (χ3n) is 2.72. The first-order valence-electron chi connectivity index (χ1n) is 6.56. The molecule has 0 atom stereocenters. The van der Waals surface area contributed by atoms with Crippen LogP contribution in [0.4, 0.5) is 4.79 Å². The molecule has 0 spiro atoms. The maximum Gasteiger partial charge on any atom is 0.323 e. The zero-order chi connectivity index (χ0) is 15.7. The van der Waals surface area contributed by atoms with Crippen molar-refractivity contribution in [3.05, 3.63) is 35.9 Å². The van der Waals surface area contributed by atoms with Gasteiger partial charge in [0.1, 0.15) is 13.1 Å². The Morgan fingerprint density at radius 1 is 1.14 bits per heavy atom. The summed E-state index contributed by atoms with van der Waals surface area (Å²) in [5.41, 5.74) is 6.14. The molecule has 1 aromatic carbocycles. The zero-order valence-electron chi connectivity index (χ0n) is 11.6. The summed E-state index contributed by atoms with van der Waals surface area (Å²) in [4.78, 5) is 34.1. The van der Waals surface area contributed by atoms with E-state index < -0.39 is 31.0 Å². The number of carboxylic acid groups (broad SMARTS) is 1. The van der Waals surface area contributed by atoms with Gasteiger partial charge in [-0.25, -0.2) is 4.79 Å². The molecule has 0 aliphatic carbocycles. The minimum atomic E-state index is -1.20. The molecule has 7 nitrogen and oxygen atoms in total. The van der Waals surface area contributed by atoms with E-state index in [-0.39, 0.29) is 0 Å². The second-order valence-electron chi connectivity index (χ2n) is 4.54. The SMILES string of the molecule is NC(=O)CN(CC(=O)O)C(=O)NCCCc1ccccc1. The van der Waals surface area contributed by atoms with Gasteiger partial charge in [-0.15, -0.1) is 0 Å². The lowest BCUT2D eigenvalue weighted by atomic mass is 10.1. The number of carbonyl (C=O) groups excluding carboxylic acids is 2. The van der Waals surface area contributed by atoms with Crippen LogP contribution >= 0.6 is 0 Å². The summed E-state index contributed by atoms with van der Waals surface area (Å²) in [6, 6.07) is 9.19. The number of rotatable bonds is 8. The Kier molecular flexibility index (Phi) is 6.73. The molecule has 0 saturated carbocycles. The van der Waals surface area contributed by atoms with E-state index in [4.69, 9.17) is 10.8 Å². The number of urea groups is 1. The number of aliphatic carboxylic acids is 1. The summed E-state index contributed by atoms with van der Waals surface area (Å²) in [5.74, 6) is -1.95. The lowest BCUT2D eigenvalue weighted by Gasteiger charge is -2.19. The number of carboxylic acids is 1. The second-order valence-corrected chi connectivity index (χ2v) is 4.54. The smallest absolute Gasteiger partial charge is 0.323 e. The first-order valence-corrected chi connectivity index (χ1v) is 6.56. The lowest BCUT2D eigenvalue weighted by Crippen LogP contribution is -2.46. The maximum absolute atomic E-state index is 11.8. The lowest BCUT2D eigenvalue weighted by molar-refractivity contribution is -0.137. The van der Waals surface area contributed by atoms with Crippen molar-refractivity contribution in [2.45, 2.75) is 12.8 Å². The summed E-state index contributed by atoms with van der Waals surface area (Å²) >= 11 is 0. The van der Waals surface area contributed by atoms with E-state index >= 15 is 0 Å². The minimum absolute atomic E-state index is 0.391. The summed E-state index contributed by atoms with van der Waals surface area (Å²) in [6.07, 6.45) is 1.52. The highest BCUT2D eigenvalue weighted by atomic mass is 16.4. The number of nitrogens with two attached hydrogens (primary N) is 1. The highest BCUT2D eigenvalue weighted by Gasteiger charge is 2.18. The number of aryl methyl sites for hydroxylation is 1. The highest BCUT2D eigenvalue weighted by Crippen LogP contribution is 2.01. The van der Waals surface area contributed by atoms with Gasteiger partial charge in [0.15, 0.2) is 0 Å². The van der Waals surface area contributed by atoms with Crippen LogP contribution in [0.15, 0.2) is 30.3 Å². The van der Waals surface area contributed by atoms with Gasteiger partial charge < -0.3 is 21.1 Å². The molecular weight excluding hydrogens is 274 g/mol. The fourth-order valence-electron chi connectivity index (χ4n) is 1.80. The van der Waals surface area contributed by atoms with E-state index in [1.165, 1.54) is 0 Å². The molecular formula is C14H19N3O4. The van der Waals surface area contributed by atoms with Gasteiger partial charge in [-0.2, -0.15) is 0 Å². The van der Waals surface area contributed by atoms with Crippen LogP contribution in [0.2, 0.25) is 0 Å². The molecule has 0 aromatic heterocycles. The number of hydrogen-bond acceptors (Lipinski definition) is 3. The molecule has 0 fully saturated rings. The van der Waals surface area contributed by atoms with Crippen LogP contribution in [0.25, 0.3) is 0 Å². The Morgan fingerprint density at radius 3 is 2.38 bits per heavy atom. The van der Waals surface area contributed by atoms with Crippen LogP contribution in [0.5, 0.6) is 0 Å². The van der Waals surface area contributed by atoms with Crippen molar-refractivity contribution < 1.29 is 19.5 Å². The topological polar surface area (TPSA) is 113 Å². The van der Waals surface area contributed by atoms with Gasteiger partial charge in [0.25, 0.3) is 0 Å². The van der Waals surface area contributed by atoms with Crippen LogP contribution in [-0.4, -0.2) is 47.5 Å². The molecule has 7 heteroatoms. The monoisotopic (exact) mass is 293 g/mol. The molecule has 1 aromatic rings. The molecule has 0 aliphatic rings. The van der Waals surface area contributed by atoms with E-state index in [1.54, 1.807) is 0 Å². The Labute approximate surface area is 122 Å². The van der Waals surface area contributed by atoms with Gasteiger partial charge in [0, 0.05) is 6.54 Å². The van der Waals surface area contributed by atoms with Gasteiger partial charge in [-0.3, -0.25) is 9.59 Å². The minimum Gasteiger partial charge on any atom is -0.480 e. The van der Waals surface area contributed by atoms with Crippen molar-refractivity contribution >= 4 is 17.9 Å². The molecule has 0 heterocycles. The summed E-state index contributed by atoms with van der Waals surface area (Å²) in [5, 5.41) is 11.3. The number of benzene rings is 1. The van der Waals surface area contributed by atoms with Crippen LogP contribution in [0.1, 0.15) is 12.0 Å². The molecule has 0 unspecified atom stereocenters. The fraction of sp³-hybridized carbons (Fsp3) is 0.357. The van der Waals surface area contributed by atoms with E-state index in [0.29, 0.717) is 13.0 Å². The third-order valence-corrected chi connectivity index (χ3v) is 2.72. The predicted molar refractivity (Wildman–Crippen MR) is 76.6 cm³/mol. The number of carbonyl (C=O) groups is 3. The first-order chi connectivity index (χ1) is 9.99. The standard InChI is InChI=1S/C14H19N3O4/c15-12(18)9-17(10-13(19)20)14(21)16-8-4-7-11-5-2-1-3-6-11/h1-3,5-6H,4,7-10H2,(H2,15,18)(H,16,21)(H,19,20). The number of nitrogens with one attached hydrogen (secondary N) is 1. The fourth-order valence-corrected chi connectivity index (χ4v) is 1.80.